The SMILES string of the molecule is CCCOc1cc(Sc2cc(F)ccc2F)ccc1N. The standard InChI is InChI=1S/C15H15F2NOS/c1-2-7-19-14-9-11(4-6-13(14)18)20-15-8-10(16)3-5-12(15)17/h3-6,8-9H,2,7,18H2,1H3. The van der Waals surface area contributed by atoms with Crippen LogP contribution in [0.2, 0.25) is 0 Å². The number of hydrogen-bond acceptors (Lipinski definition) is 3. The molecule has 2 aromatic carbocycles. The van der Waals surface area contributed by atoms with Gasteiger partial charge in [0, 0.05) is 4.90 Å². The van der Waals surface area contributed by atoms with E-state index >= 15 is 0 Å². The maximum atomic E-state index is 13.6. The molecule has 0 aliphatic rings. The molecular weight excluding hydrogens is 280 g/mol. The van der Waals surface area contributed by atoms with Crippen molar-refractivity contribution in [3.63, 3.8) is 0 Å². The summed E-state index contributed by atoms with van der Waals surface area (Å²) < 4.78 is 32.2. The fraction of sp³-hybridized carbons (Fsp3) is 0.200. The number of anilines is 1. The summed E-state index contributed by atoms with van der Waals surface area (Å²) in [4.78, 5) is 0.978. The van der Waals surface area contributed by atoms with Crippen molar-refractivity contribution in [2.45, 2.75) is 23.1 Å². The van der Waals surface area contributed by atoms with Crippen LogP contribution in [0.3, 0.4) is 0 Å². The van der Waals surface area contributed by atoms with E-state index in [0.29, 0.717) is 18.0 Å². The predicted molar refractivity (Wildman–Crippen MR) is 77.1 cm³/mol. The minimum absolute atomic E-state index is 0.233. The molecule has 0 spiro atoms. The Morgan fingerprint density at radius 2 is 1.95 bits per heavy atom. The van der Waals surface area contributed by atoms with Crippen LogP contribution < -0.4 is 10.5 Å². The molecule has 2 rings (SSSR count). The Balaban J connectivity index is 2.22. The molecule has 0 atom stereocenters. The van der Waals surface area contributed by atoms with Crippen molar-refractivity contribution >= 4 is 17.4 Å². The van der Waals surface area contributed by atoms with Crippen LogP contribution in [-0.2, 0) is 0 Å². The molecule has 2 N–H and O–H groups in total. The highest BCUT2D eigenvalue weighted by Gasteiger charge is 2.08. The van der Waals surface area contributed by atoms with Gasteiger partial charge in [-0.1, -0.05) is 18.7 Å². The van der Waals surface area contributed by atoms with Gasteiger partial charge in [-0.3, -0.25) is 0 Å². The fourth-order valence-corrected chi connectivity index (χ4v) is 2.49. The molecule has 0 heterocycles. The van der Waals surface area contributed by atoms with Crippen molar-refractivity contribution in [2.24, 2.45) is 0 Å². The Morgan fingerprint density at radius 3 is 2.70 bits per heavy atom. The molecule has 106 valence electrons. The van der Waals surface area contributed by atoms with E-state index in [1.165, 1.54) is 6.07 Å². The predicted octanol–water partition coefficient (Wildman–Crippen LogP) is 4.49. The highest BCUT2D eigenvalue weighted by molar-refractivity contribution is 7.99. The van der Waals surface area contributed by atoms with Crippen molar-refractivity contribution in [3.8, 4) is 5.75 Å². The van der Waals surface area contributed by atoms with Gasteiger partial charge >= 0.3 is 0 Å². The second-order valence-electron chi connectivity index (χ2n) is 4.22. The third-order valence-corrected chi connectivity index (χ3v) is 3.59. The first-order chi connectivity index (χ1) is 9.60. The van der Waals surface area contributed by atoms with Crippen LogP contribution in [0.4, 0.5) is 14.5 Å². The monoisotopic (exact) mass is 295 g/mol. The topological polar surface area (TPSA) is 35.2 Å². The quantitative estimate of drug-likeness (QED) is 0.826. The smallest absolute Gasteiger partial charge is 0.143 e. The first kappa shape index (κ1) is 14.7. The van der Waals surface area contributed by atoms with Gasteiger partial charge in [-0.2, -0.15) is 0 Å². The number of benzene rings is 2. The minimum Gasteiger partial charge on any atom is -0.491 e. The Labute approximate surface area is 120 Å². The maximum absolute atomic E-state index is 13.6. The molecule has 2 nitrogen and oxygen atoms in total. The lowest BCUT2D eigenvalue weighted by atomic mass is 10.3. The van der Waals surface area contributed by atoms with Gasteiger partial charge in [0.2, 0.25) is 0 Å². The van der Waals surface area contributed by atoms with Gasteiger partial charge in [0.05, 0.1) is 17.2 Å². The molecule has 0 fully saturated rings. The van der Waals surface area contributed by atoms with E-state index < -0.39 is 11.6 Å². The first-order valence-corrected chi connectivity index (χ1v) is 7.07. The van der Waals surface area contributed by atoms with Gasteiger partial charge < -0.3 is 10.5 Å². The Kier molecular flexibility index (Phi) is 4.84. The van der Waals surface area contributed by atoms with Gasteiger partial charge in [-0.25, -0.2) is 8.78 Å². The molecule has 20 heavy (non-hydrogen) atoms. The normalized spacial score (nSPS) is 10.6. The molecule has 0 saturated carbocycles. The molecule has 0 amide bonds. The Hall–Kier alpha value is -1.75. The number of rotatable bonds is 5. The van der Waals surface area contributed by atoms with Crippen LogP contribution in [-0.4, -0.2) is 6.61 Å². The van der Waals surface area contributed by atoms with Crippen LogP contribution in [0.25, 0.3) is 0 Å². The summed E-state index contributed by atoms with van der Waals surface area (Å²) >= 11 is 1.13. The van der Waals surface area contributed by atoms with Crippen LogP contribution in [0, 0.1) is 11.6 Å². The van der Waals surface area contributed by atoms with Crippen molar-refractivity contribution in [1.82, 2.24) is 0 Å². The zero-order valence-corrected chi connectivity index (χ0v) is 11.8. The van der Waals surface area contributed by atoms with Crippen molar-refractivity contribution < 1.29 is 13.5 Å². The largest absolute Gasteiger partial charge is 0.491 e. The number of nitrogen functional groups attached to an aromatic ring is 1. The Morgan fingerprint density at radius 1 is 1.15 bits per heavy atom. The zero-order chi connectivity index (χ0) is 14.5. The fourth-order valence-electron chi connectivity index (χ4n) is 1.60. The van der Waals surface area contributed by atoms with E-state index in [1.54, 1.807) is 18.2 Å². The highest BCUT2D eigenvalue weighted by atomic mass is 32.2. The molecule has 0 aliphatic carbocycles. The second kappa shape index (κ2) is 6.61. The number of nitrogens with two attached hydrogens (primary N) is 1. The van der Waals surface area contributed by atoms with E-state index in [4.69, 9.17) is 10.5 Å². The third-order valence-electron chi connectivity index (χ3n) is 2.57. The summed E-state index contributed by atoms with van der Waals surface area (Å²) in [7, 11) is 0. The second-order valence-corrected chi connectivity index (χ2v) is 5.34. The summed E-state index contributed by atoms with van der Waals surface area (Å²) in [5.74, 6) is -0.357. The lowest BCUT2D eigenvalue weighted by Crippen LogP contribution is -1.99. The van der Waals surface area contributed by atoms with Crippen molar-refractivity contribution in [2.75, 3.05) is 12.3 Å². The van der Waals surface area contributed by atoms with Crippen LogP contribution in [0.15, 0.2) is 46.2 Å². The van der Waals surface area contributed by atoms with Crippen LogP contribution >= 0.6 is 11.8 Å². The molecular formula is C15H15F2NOS. The highest BCUT2D eigenvalue weighted by Crippen LogP contribution is 2.34. The maximum Gasteiger partial charge on any atom is 0.143 e. The number of halogens is 2. The number of ether oxygens (including phenoxy) is 1. The molecule has 0 saturated heterocycles. The van der Waals surface area contributed by atoms with Gasteiger partial charge in [-0.15, -0.1) is 0 Å². The first-order valence-electron chi connectivity index (χ1n) is 6.25. The molecule has 0 unspecified atom stereocenters. The molecule has 0 aliphatic heterocycles. The van der Waals surface area contributed by atoms with E-state index in [2.05, 4.69) is 0 Å². The third kappa shape index (κ3) is 3.63. The zero-order valence-electron chi connectivity index (χ0n) is 11.0. The van der Waals surface area contributed by atoms with Crippen molar-refractivity contribution in [1.29, 1.82) is 0 Å². The lowest BCUT2D eigenvalue weighted by Gasteiger charge is -2.10. The average molecular weight is 295 g/mol. The Bertz CT molecular complexity index is 604. The van der Waals surface area contributed by atoms with Gasteiger partial charge in [0.25, 0.3) is 0 Å². The molecule has 0 aromatic heterocycles. The summed E-state index contributed by atoms with van der Waals surface area (Å²) in [5.41, 5.74) is 6.34. The van der Waals surface area contributed by atoms with Gasteiger partial charge in [0.1, 0.15) is 17.4 Å². The van der Waals surface area contributed by atoms with E-state index in [9.17, 15) is 8.78 Å². The summed E-state index contributed by atoms with van der Waals surface area (Å²) in [6, 6.07) is 8.57. The van der Waals surface area contributed by atoms with Gasteiger partial charge in [0.15, 0.2) is 0 Å². The molecule has 0 bridgehead atoms. The van der Waals surface area contributed by atoms with E-state index in [1.807, 2.05) is 6.92 Å². The van der Waals surface area contributed by atoms with E-state index in [-0.39, 0.29) is 4.90 Å². The minimum atomic E-state index is -0.466. The lowest BCUT2D eigenvalue weighted by molar-refractivity contribution is 0.318. The molecule has 0 radical (unpaired) electrons. The average Bonchev–Trinajstić information content (AvgIpc) is 2.43. The molecule has 5 heteroatoms. The van der Waals surface area contributed by atoms with Crippen molar-refractivity contribution in [3.05, 3.63) is 48.0 Å². The van der Waals surface area contributed by atoms with Crippen LogP contribution in [0.1, 0.15) is 13.3 Å². The summed E-state index contributed by atoms with van der Waals surface area (Å²) in [6.45, 7) is 2.56. The van der Waals surface area contributed by atoms with E-state index in [0.717, 1.165) is 35.2 Å². The van der Waals surface area contributed by atoms with Gasteiger partial charge in [-0.05, 0) is 42.8 Å². The number of hydrogen-bond donors (Lipinski definition) is 1. The molecule has 2 aromatic rings. The summed E-state index contributed by atoms with van der Waals surface area (Å²) in [6.07, 6.45) is 0.870. The summed E-state index contributed by atoms with van der Waals surface area (Å²) in [5, 5.41) is 0. The van der Waals surface area contributed by atoms with Crippen LogP contribution in [0.5, 0.6) is 5.75 Å².